The number of nitro groups is 1. The second kappa shape index (κ2) is 7.92. The maximum atomic E-state index is 13.0. The fraction of sp³-hybridized carbons (Fsp3) is 0.176. The smallest absolute Gasteiger partial charge is 0.338 e. The number of aryl methyl sites for hydroxylation is 1. The van der Waals surface area contributed by atoms with Crippen LogP contribution in [0.25, 0.3) is 0 Å². The topological polar surface area (TPSA) is 98.5 Å². The first-order chi connectivity index (χ1) is 12.2. The third-order valence-corrected chi connectivity index (χ3v) is 3.78. The molecule has 0 radical (unpaired) electrons. The van der Waals surface area contributed by atoms with Crippen molar-refractivity contribution in [2.24, 2.45) is 0 Å². The number of nitro benzene ring substituents is 1. The third kappa shape index (κ3) is 4.54. The molecule has 2 rings (SSSR count). The highest BCUT2D eigenvalue weighted by Crippen LogP contribution is 2.23. The van der Waals surface area contributed by atoms with Crippen LogP contribution in [-0.2, 0) is 9.53 Å². The van der Waals surface area contributed by atoms with Crippen molar-refractivity contribution in [3.8, 4) is 0 Å². The molecule has 2 aromatic rings. The average Bonchev–Trinajstić information content (AvgIpc) is 2.56. The zero-order valence-corrected chi connectivity index (χ0v) is 14.5. The maximum Gasteiger partial charge on any atom is 0.338 e. The lowest BCUT2D eigenvalue weighted by Gasteiger charge is -2.14. The molecular weight excluding hydrogens is 367 g/mol. The molecule has 0 bridgehead atoms. The van der Waals surface area contributed by atoms with E-state index in [2.05, 4.69) is 5.32 Å². The first-order valence-corrected chi connectivity index (χ1v) is 7.78. The van der Waals surface area contributed by atoms with Crippen LogP contribution >= 0.6 is 11.6 Å². The molecule has 0 spiro atoms. The highest BCUT2D eigenvalue weighted by molar-refractivity contribution is 6.33. The molecule has 136 valence electrons. The Bertz CT molecular complexity index is 887. The largest absolute Gasteiger partial charge is 0.449 e. The molecule has 1 atom stereocenters. The third-order valence-electron chi connectivity index (χ3n) is 3.47. The van der Waals surface area contributed by atoms with Gasteiger partial charge in [-0.25, -0.2) is 9.18 Å². The Hall–Kier alpha value is -3.00. The van der Waals surface area contributed by atoms with E-state index in [0.717, 1.165) is 12.1 Å². The molecule has 0 aliphatic rings. The van der Waals surface area contributed by atoms with Crippen LogP contribution < -0.4 is 5.32 Å². The summed E-state index contributed by atoms with van der Waals surface area (Å²) >= 11 is 5.82. The van der Waals surface area contributed by atoms with Gasteiger partial charge in [0.1, 0.15) is 5.82 Å². The van der Waals surface area contributed by atoms with E-state index in [0.29, 0.717) is 5.56 Å². The summed E-state index contributed by atoms with van der Waals surface area (Å²) in [7, 11) is 0. The number of carbonyl (C=O) groups is 2. The van der Waals surface area contributed by atoms with E-state index in [1.165, 1.54) is 38.1 Å². The van der Waals surface area contributed by atoms with Gasteiger partial charge in [0.25, 0.3) is 11.6 Å². The van der Waals surface area contributed by atoms with Gasteiger partial charge in [0.2, 0.25) is 0 Å². The van der Waals surface area contributed by atoms with Crippen LogP contribution in [-0.4, -0.2) is 22.9 Å². The van der Waals surface area contributed by atoms with Crippen LogP contribution in [0.3, 0.4) is 0 Å². The predicted molar refractivity (Wildman–Crippen MR) is 92.8 cm³/mol. The summed E-state index contributed by atoms with van der Waals surface area (Å²) < 4.78 is 18.1. The quantitative estimate of drug-likeness (QED) is 0.482. The van der Waals surface area contributed by atoms with Crippen LogP contribution in [0.4, 0.5) is 15.8 Å². The number of hydrogen-bond donors (Lipinski definition) is 1. The molecule has 1 amide bonds. The van der Waals surface area contributed by atoms with Crippen molar-refractivity contribution in [2.75, 3.05) is 5.32 Å². The summed E-state index contributed by atoms with van der Waals surface area (Å²) in [6, 6.07) is 7.18. The number of anilines is 1. The zero-order valence-electron chi connectivity index (χ0n) is 13.8. The van der Waals surface area contributed by atoms with Crippen molar-refractivity contribution < 1.29 is 23.6 Å². The molecule has 9 heteroatoms. The van der Waals surface area contributed by atoms with Crippen LogP contribution in [0, 0.1) is 22.9 Å². The molecule has 7 nitrogen and oxygen atoms in total. The summed E-state index contributed by atoms with van der Waals surface area (Å²) in [6.07, 6.45) is -1.17. The highest BCUT2D eigenvalue weighted by Gasteiger charge is 2.21. The lowest BCUT2D eigenvalue weighted by atomic mass is 10.1. The number of nitrogens with zero attached hydrogens (tertiary/aromatic N) is 1. The Morgan fingerprint density at radius 1 is 1.27 bits per heavy atom. The van der Waals surface area contributed by atoms with Crippen LogP contribution in [0.2, 0.25) is 5.02 Å². The van der Waals surface area contributed by atoms with Crippen LogP contribution in [0.15, 0.2) is 36.4 Å². The van der Waals surface area contributed by atoms with Crippen molar-refractivity contribution >= 4 is 34.9 Å². The molecule has 26 heavy (non-hydrogen) atoms. The molecule has 1 unspecified atom stereocenters. The van der Waals surface area contributed by atoms with Crippen LogP contribution in [0.5, 0.6) is 0 Å². The minimum absolute atomic E-state index is 0.00266. The second-order valence-corrected chi connectivity index (χ2v) is 5.83. The Balaban J connectivity index is 2.05. The normalized spacial score (nSPS) is 11.5. The average molecular weight is 381 g/mol. The van der Waals surface area contributed by atoms with E-state index in [9.17, 15) is 24.1 Å². The zero-order chi connectivity index (χ0) is 19.4. The molecule has 0 saturated carbocycles. The number of nitrogens with one attached hydrogen (secondary N) is 1. The Morgan fingerprint density at radius 2 is 1.96 bits per heavy atom. The molecule has 0 heterocycles. The molecule has 1 N–H and O–H groups in total. The molecule has 0 aromatic heterocycles. The maximum absolute atomic E-state index is 13.0. The predicted octanol–water partition coefficient (Wildman–Crippen LogP) is 3.88. The number of esters is 1. The summed E-state index contributed by atoms with van der Waals surface area (Å²) in [5.74, 6) is -2.03. The molecule has 0 aliphatic carbocycles. The van der Waals surface area contributed by atoms with Gasteiger partial charge in [0.15, 0.2) is 6.10 Å². The van der Waals surface area contributed by atoms with E-state index >= 15 is 0 Å². The fourth-order valence-corrected chi connectivity index (χ4v) is 2.31. The molecular formula is C17H14ClFN2O5. The first kappa shape index (κ1) is 19.3. The minimum Gasteiger partial charge on any atom is -0.449 e. The van der Waals surface area contributed by atoms with Gasteiger partial charge < -0.3 is 10.1 Å². The van der Waals surface area contributed by atoms with Crippen molar-refractivity contribution in [2.45, 2.75) is 20.0 Å². The number of hydrogen-bond acceptors (Lipinski definition) is 5. The van der Waals surface area contributed by atoms with Crippen molar-refractivity contribution in [1.82, 2.24) is 0 Å². The summed E-state index contributed by atoms with van der Waals surface area (Å²) in [4.78, 5) is 34.4. The van der Waals surface area contributed by atoms with Crippen molar-refractivity contribution in [3.05, 3.63) is 68.5 Å². The monoisotopic (exact) mass is 380 g/mol. The summed E-state index contributed by atoms with van der Waals surface area (Å²) in [5, 5.41) is 13.2. The van der Waals surface area contributed by atoms with E-state index in [4.69, 9.17) is 16.3 Å². The molecule has 0 saturated heterocycles. The van der Waals surface area contributed by atoms with Gasteiger partial charge in [-0.3, -0.25) is 14.9 Å². The highest BCUT2D eigenvalue weighted by atomic mass is 35.5. The standard InChI is InChI=1S/C17H14ClFN2O5/c1-9-7-11(3-6-15(9)21(24)25)17(23)26-10(2)16(22)20-14-5-4-12(19)8-13(14)18/h3-8,10H,1-2H3,(H,20,22). The first-order valence-electron chi connectivity index (χ1n) is 7.41. The Labute approximate surface area is 152 Å². The van der Waals surface area contributed by atoms with Gasteiger partial charge in [-0.1, -0.05) is 11.6 Å². The molecule has 0 fully saturated rings. The van der Waals surface area contributed by atoms with Gasteiger partial charge in [-0.15, -0.1) is 0 Å². The van der Waals surface area contributed by atoms with Gasteiger partial charge in [-0.2, -0.15) is 0 Å². The van der Waals surface area contributed by atoms with E-state index in [1.807, 2.05) is 0 Å². The molecule has 0 aliphatic heterocycles. The van der Waals surface area contributed by atoms with Gasteiger partial charge in [0, 0.05) is 11.6 Å². The summed E-state index contributed by atoms with van der Waals surface area (Å²) in [6.45, 7) is 2.84. The minimum atomic E-state index is -1.17. The lowest BCUT2D eigenvalue weighted by molar-refractivity contribution is -0.385. The number of halogens is 2. The SMILES string of the molecule is Cc1cc(C(=O)OC(C)C(=O)Nc2ccc(F)cc2Cl)ccc1[N+](=O)[O-]. The Morgan fingerprint density at radius 3 is 2.54 bits per heavy atom. The second-order valence-electron chi connectivity index (χ2n) is 5.42. The molecule has 2 aromatic carbocycles. The van der Waals surface area contributed by atoms with Gasteiger partial charge >= 0.3 is 5.97 Å². The van der Waals surface area contributed by atoms with Crippen molar-refractivity contribution in [3.63, 3.8) is 0 Å². The van der Waals surface area contributed by atoms with Gasteiger partial charge in [-0.05, 0) is 44.2 Å². The fourth-order valence-electron chi connectivity index (χ4n) is 2.09. The van der Waals surface area contributed by atoms with E-state index < -0.39 is 28.7 Å². The van der Waals surface area contributed by atoms with E-state index in [-0.39, 0.29) is 22.0 Å². The number of ether oxygens (including phenoxy) is 1. The van der Waals surface area contributed by atoms with Crippen LogP contribution in [0.1, 0.15) is 22.8 Å². The number of amides is 1. The summed E-state index contributed by atoms with van der Waals surface area (Å²) in [5.41, 5.74) is 0.414. The van der Waals surface area contributed by atoms with Crippen molar-refractivity contribution in [1.29, 1.82) is 0 Å². The number of benzene rings is 2. The van der Waals surface area contributed by atoms with E-state index in [1.54, 1.807) is 0 Å². The number of carbonyl (C=O) groups excluding carboxylic acids is 2. The lowest BCUT2D eigenvalue weighted by Crippen LogP contribution is -2.30. The Kier molecular flexibility index (Phi) is 5.89. The van der Waals surface area contributed by atoms with Gasteiger partial charge in [0.05, 0.1) is 21.2 Å². The number of rotatable bonds is 5.